The summed E-state index contributed by atoms with van der Waals surface area (Å²) < 4.78 is 10.6. The highest BCUT2D eigenvalue weighted by molar-refractivity contribution is 6.30. The predicted molar refractivity (Wildman–Crippen MR) is 98.8 cm³/mol. The van der Waals surface area contributed by atoms with Crippen molar-refractivity contribution in [2.75, 3.05) is 12.1 Å². The van der Waals surface area contributed by atoms with Crippen molar-refractivity contribution in [2.24, 2.45) is 0 Å². The number of benzene rings is 2. The van der Waals surface area contributed by atoms with Crippen LogP contribution in [0.2, 0.25) is 5.02 Å². The van der Waals surface area contributed by atoms with E-state index in [9.17, 15) is 4.79 Å². The van der Waals surface area contributed by atoms with E-state index in [1.54, 1.807) is 42.5 Å². The van der Waals surface area contributed by atoms with Gasteiger partial charge < -0.3 is 14.8 Å². The Bertz CT molecular complexity index is 973. The minimum atomic E-state index is -0.594. The number of amides is 1. The maximum atomic E-state index is 12.7. The van der Waals surface area contributed by atoms with E-state index >= 15 is 0 Å². The second kappa shape index (κ2) is 7.24. The summed E-state index contributed by atoms with van der Waals surface area (Å²) in [6, 6.07) is 11.7. The van der Waals surface area contributed by atoms with Gasteiger partial charge in [-0.15, -0.1) is 10.2 Å². The molecule has 3 aromatic rings. The molecule has 0 radical (unpaired) electrons. The highest BCUT2D eigenvalue weighted by Gasteiger charge is 2.23. The van der Waals surface area contributed by atoms with Crippen molar-refractivity contribution in [1.29, 1.82) is 0 Å². The smallest absolute Gasteiger partial charge is 0.251 e. The van der Waals surface area contributed by atoms with Gasteiger partial charge in [-0.3, -0.25) is 4.79 Å². The molecule has 8 nitrogen and oxygen atoms in total. The Kier molecular flexibility index (Phi) is 4.64. The highest BCUT2D eigenvalue weighted by Crippen LogP contribution is 2.34. The van der Waals surface area contributed by atoms with Crippen LogP contribution in [-0.2, 0) is 4.79 Å². The number of hydrogen-bond donors (Lipinski definition) is 1. The summed E-state index contributed by atoms with van der Waals surface area (Å²) in [5.41, 5.74) is 1.39. The number of rotatable bonds is 5. The molecule has 1 unspecified atom stereocenters. The summed E-state index contributed by atoms with van der Waals surface area (Å²) in [6.07, 6.45) is 0.507. The van der Waals surface area contributed by atoms with Crippen LogP contribution in [0.15, 0.2) is 42.5 Å². The van der Waals surface area contributed by atoms with Crippen molar-refractivity contribution in [1.82, 2.24) is 20.2 Å². The number of nitrogens with one attached hydrogen (secondary N) is 1. The first-order valence-electron chi connectivity index (χ1n) is 8.40. The van der Waals surface area contributed by atoms with Gasteiger partial charge in [-0.05, 0) is 48.0 Å². The lowest BCUT2D eigenvalue weighted by Crippen LogP contribution is -2.27. The summed E-state index contributed by atoms with van der Waals surface area (Å²) in [6.45, 7) is 2.07. The van der Waals surface area contributed by atoms with Gasteiger partial charge in [0.2, 0.25) is 12.6 Å². The Morgan fingerprint density at radius 2 is 2.00 bits per heavy atom. The molecule has 0 saturated carbocycles. The quantitative estimate of drug-likeness (QED) is 0.724. The summed E-state index contributed by atoms with van der Waals surface area (Å²) in [4.78, 5) is 14.0. The minimum absolute atomic E-state index is 0.181. The van der Waals surface area contributed by atoms with Crippen LogP contribution < -0.4 is 14.8 Å². The maximum Gasteiger partial charge on any atom is 0.251 e. The first-order chi connectivity index (χ1) is 13.1. The summed E-state index contributed by atoms with van der Waals surface area (Å²) >= 11 is 5.90. The molecule has 1 N–H and O–H groups in total. The van der Waals surface area contributed by atoms with Gasteiger partial charge in [0.05, 0.1) is 0 Å². The molecule has 0 fully saturated rings. The summed E-state index contributed by atoms with van der Waals surface area (Å²) in [5, 5.41) is 15.9. The van der Waals surface area contributed by atoms with Crippen molar-refractivity contribution in [3.63, 3.8) is 0 Å². The standard InChI is InChI=1S/C18H16ClN5O3/c1-2-14(18(25)20-13-7-8-15-16(9-13)27-10-26-15)24-22-17(21-23-24)11-3-5-12(19)6-4-11/h3-9,14H,2,10H2,1H3,(H,20,25). The van der Waals surface area contributed by atoms with Crippen LogP contribution in [0.3, 0.4) is 0 Å². The zero-order valence-corrected chi connectivity index (χ0v) is 15.2. The third kappa shape index (κ3) is 3.56. The van der Waals surface area contributed by atoms with Crippen molar-refractivity contribution >= 4 is 23.2 Å². The number of aromatic nitrogens is 4. The van der Waals surface area contributed by atoms with Gasteiger partial charge >= 0.3 is 0 Å². The van der Waals surface area contributed by atoms with Gasteiger partial charge in [0.1, 0.15) is 0 Å². The molecule has 0 aliphatic carbocycles. The fraction of sp³-hybridized carbons (Fsp3) is 0.222. The molecule has 0 bridgehead atoms. The van der Waals surface area contributed by atoms with Crippen molar-refractivity contribution < 1.29 is 14.3 Å². The molecule has 2 aromatic carbocycles. The molecule has 1 aromatic heterocycles. The normalized spacial score (nSPS) is 13.4. The van der Waals surface area contributed by atoms with E-state index in [4.69, 9.17) is 21.1 Å². The first kappa shape index (κ1) is 17.3. The van der Waals surface area contributed by atoms with Crippen LogP contribution in [0, 0.1) is 0 Å². The molecule has 1 amide bonds. The van der Waals surface area contributed by atoms with E-state index in [2.05, 4.69) is 20.7 Å². The van der Waals surface area contributed by atoms with Gasteiger partial charge in [0, 0.05) is 22.3 Å². The zero-order chi connectivity index (χ0) is 18.8. The Morgan fingerprint density at radius 3 is 2.78 bits per heavy atom. The molecular weight excluding hydrogens is 370 g/mol. The van der Waals surface area contributed by atoms with Crippen LogP contribution in [0.25, 0.3) is 11.4 Å². The number of ether oxygens (including phenoxy) is 2. The molecule has 1 atom stereocenters. The number of halogens is 1. The number of nitrogens with zero attached hydrogens (tertiary/aromatic N) is 4. The number of carbonyl (C=O) groups excluding carboxylic acids is 1. The van der Waals surface area contributed by atoms with Crippen LogP contribution in [-0.4, -0.2) is 32.9 Å². The Hall–Kier alpha value is -3.13. The summed E-state index contributed by atoms with van der Waals surface area (Å²) in [7, 11) is 0. The van der Waals surface area contributed by atoms with E-state index in [0.717, 1.165) is 5.56 Å². The highest BCUT2D eigenvalue weighted by atomic mass is 35.5. The summed E-state index contributed by atoms with van der Waals surface area (Å²) in [5.74, 6) is 1.45. The molecule has 1 aliphatic rings. The molecule has 1 aliphatic heterocycles. The topological polar surface area (TPSA) is 91.2 Å². The molecule has 27 heavy (non-hydrogen) atoms. The zero-order valence-electron chi connectivity index (χ0n) is 14.4. The maximum absolute atomic E-state index is 12.7. The number of tetrazole rings is 1. The third-order valence-corrected chi connectivity index (χ3v) is 4.39. The Balaban J connectivity index is 1.51. The van der Waals surface area contributed by atoms with E-state index in [-0.39, 0.29) is 12.7 Å². The SMILES string of the molecule is CCC(C(=O)Nc1ccc2c(c1)OCO2)n1nnc(-c2ccc(Cl)cc2)n1. The number of fused-ring (bicyclic) bond motifs is 1. The van der Waals surface area contributed by atoms with Gasteiger partial charge in [0.15, 0.2) is 17.5 Å². The average Bonchev–Trinajstić information content (AvgIpc) is 3.32. The number of carbonyl (C=O) groups is 1. The molecule has 0 saturated heterocycles. The average molecular weight is 386 g/mol. The molecule has 9 heteroatoms. The van der Waals surface area contributed by atoms with Crippen LogP contribution in [0.4, 0.5) is 5.69 Å². The lowest BCUT2D eigenvalue weighted by atomic mass is 10.2. The predicted octanol–water partition coefficient (Wildman–Crippen LogP) is 3.31. The third-order valence-electron chi connectivity index (χ3n) is 4.14. The van der Waals surface area contributed by atoms with Gasteiger partial charge in [-0.2, -0.15) is 4.80 Å². The molecule has 0 spiro atoms. The van der Waals surface area contributed by atoms with Crippen LogP contribution in [0.1, 0.15) is 19.4 Å². The Morgan fingerprint density at radius 1 is 1.22 bits per heavy atom. The second-order valence-corrected chi connectivity index (χ2v) is 6.36. The molecule has 2 heterocycles. The lowest BCUT2D eigenvalue weighted by Gasteiger charge is -2.13. The van der Waals surface area contributed by atoms with E-state index in [1.807, 2.05) is 6.92 Å². The monoisotopic (exact) mass is 385 g/mol. The first-order valence-corrected chi connectivity index (χ1v) is 8.78. The van der Waals surface area contributed by atoms with Crippen molar-refractivity contribution in [2.45, 2.75) is 19.4 Å². The van der Waals surface area contributed by atoms with Gasteiger partial charge in [-0.1, -0.05) is 18.5 Å². The van der Waals surface area contributed by atoms with Gasteiger partial charge in [0.25, 0.3) is 5.91 Å². The fourth-order valence-electron chi connectivity index (χ4n) is 2.73. The van der Waals surface area contributed by atoms with Crippen molar-refractivity contribution in [3.05, 3.63) is 47.5 Å². The van der Waals surface area contributed by atoms with E-state index < -0.39 is 6.04 Å². The molecule has 4 rings (SSSR count). The van der Waals surface area contributed by atoms with Gasteiger partial charge in [-0.25, -0.2) is 0 Å². The van der Waals surface area contributed by atoms with Crippen LogP contribution in [0.5, 0.6) is 11.5 Å². The van der Waals surface area contributed by atoms with E-state index in [0.29, 0.717) is 34.5 Å². The van der Waals surface area contributed by atoms with Crippen molar-refractivity contribution in [3.8, 4) is 22.9 Å². The fourth-order valence-corrected chi connectivity index (χ4v) is 2.85. The van der Waals surface area contributed by atoms with E-state index in [1.165, 1.54) is 4.80 Å². The number of hydrogen-bond acceptors (Lipinski definition) is 6. The Labute approximate surface area is 160 Å². The second-order valence-electron chi connectivity index (χ2n) is 5.92. The number of anilines is 1. The van der Waals surface area contributed by atoms with Crippen LogP contribution >= 0.6 is 11.6 Å². The largest absolute Gasteiger partial charge is 0.454 e. The molecule has 138 valence electrons. The molecular formula is C18H16ClN5O3. The lowest BCUT2D eigenvalue weighted by molar-refractivity contribution is -0.119. The minimum Gasteiger partial charge on any atom is -0.454 e.